The van der Waals surface area contributed by atoms with Crippen LogP contribution in [0.1, 0.15) is 18.4 Å². The maximum absolute atomic E-state index is 13.5. The van der Waals surface area contributed by atoms with E-state index in [-0.39, 0.29) is 23.6 Å². The SMILES string of the molecule is COCCCNC(=O)[C@@H]1C[C@H](COc2cccc(F)c2)CN(Cc2ccc(OC)c(OC)c2)C1. The van der Waals surface area contributed by atoms with E-state index in [1.165, 1.54) is 12.1 Å². The van der Waals surface area contributed by atoms with E-state index < -0.39 is 0 Å². The van der Waals surface area contributed by atoms with Gasteiger partial charge in [-0.25, -0.2) is 4.39 Å². The Hall–Kier alpha value is -2.84. The monoisotopic (exact) mass is 474 g/mol. The molecule has 1 heterocycles. The number of rotatable bonds is 12. The van der Waals surface area contributed by atoms with Gasteiger partial charge < -0.3 is 24.3 Å². The van der Waals surface area contributed by atoms with Crippen molar-refractivity contribution in [3.8, 4) is 17.2 Å². The smallest absolute Gasteiger partial charge is 0.224 e. The summed E-state index contributed by atoms with van der Waals surface area (Å²) in [5.41, 5.74) is 1.07. The number of nitrogens with zero attached hydrogens (tertiary/aromatic N) is 1. The number of halogens is 1. The van der Waals surface area contributed by atoms with Crippen molar-refractivity contribution >= 4 is 5.91 Å². The molecule has 2 atom stereocenters. The Morgan fingerprint density at radius 2 is 1.91 bits per heavy atom. The molecule has 1 N–H and O–H groups in total. The van der Waals surface area contributed by atoms with Gasteiger partial charge in [-0.1, -0.05) is 12.1 Å². The summed E-state index contributed by atoms with van der Waals surface area (Å²) in [6.07, 6.45) is 1.49. The zero-order valence-corrected chi connectivity index (χ0v) is 20.2. The second kappa shape index (κ2) is 13.2. The third-order valence-corrected chi connectivity index (χ3v) is 5.94. The molecule has 0 spiro atoms. The summed E-state index contributed by atoms with van der Waals surface area (Å²) in [6, 6.07) is 12.0. The van der Waals surface area contributed by atoms with Gasteiger partial charge >= 0.3 is 0 Å². The van der Waals surface area contributed by atoms with E-state index in [4.69, 9.17) is 18.9 Å². The van der Waals surface area contributed by atoms with Gasteiger partial charge in [0.2, 0.25) is 5.91 Å². The maximum atomic E-state index is 13.5. The average molecular weight is 475 g/mol. The van der Waals surface area contributed by atoms with E-state index in [9.17, 15) is 9.18 Å². The van der Waals surface area contributed by atoms with Crippen LogP contribution in [0.15, 0.2) is 42.5 Å². The number of methoxy groups -OCH3 is 3. The average Bonchev–Trinajstić information content (AvgIpc) is 2.85. The minimum absolute atomic E-state index is 0.0453. The molecule has 8 heteroatoms. The molecule has 34 heavy (non-hydrogen) atoms. The van der Waals surface area contributed by atoms with Crippen molar-refractivity contribution in [3.05, 3.63) is 53.8 Å². The Kier molecular flexibility index (Phi) is 9.97. The van der Waals surface area contributed by atoms with E-state index >= 15 is 0 Å². The molecule has 0 radical (unpaired) electrons. The van der Waals surface area contributed by atoms with Crippen molar-refractivity contribution in [2.75, 3.05) is 54.2 Å². The number of hydrogen-bond acceptors (Lipinski definition) is 6. The van der Waals surface area contributed by atoms with Gasteiger partial charge in [-0.3, -0.25) is 9.69 Å². The number of benzene rings is 2. The van der Waals surface area contributed by atoms with E-state index in [1.54, 1.807) is 33.5 Å². The molecule has 1 amide bonds. The number of carbonyl (C=O) groups is 1. The van der Waals surface area contributed by atoms with Crippen LogP contribution in [0.5, 0.6) is 17.2 Å². The summed E-state index contributed by atoms with van der Waals surface area (Å²) in [5, 5.41) is 3.03. The molecule has 1 aliphatic rings. The van der Waals surface area contributed by atoms with E-state index in [0.717, 1.165) is 18.5 Å². The molecule has 0 bridgehead atoms. The molecular formula is C26H35FN2O5. The molecule has 1 fully saturated rings. The summed E-state index contributed by atoms with van der Waals surface area (Å²) in [4.78, 5) is 15.2. The zero-order chi connectivity index (χ0) is 24.3. The normalized spacial score (nSPS) is 18.4. The highest BCUT2D eigenvalue weighted by molar-refractivity contribution is 5.79. The fourth-order valence-electron chi connectivity index (χ4n) is 4.32. The van der Waals surface area contributed by atoms with Crippen LogP contribution < -0.4 is 19.5 Å². The molecule has 2 aromatic carbocycles. The van der Waals surface area contributed by atoms with Crippen LogP contribution >= 0.6 is 0 Å². The van der Waals surface area contributed by atoms with Gasteiger partial charge in [-0.15, -0.1) is 0 Å². The summed E-state index contributed by atoms with van der Waals surface area (Å²) in [7, 11) is 4.88. The van der Waals surface area contributed by atoms with Crippen LogP contribution in [0.4, 0.5) is 4.39 Å². The molecule has 0 aliphatic carbocycles. The first-order chi connectivity index (χ1) is 16.5. The Morgan fingerprint density at radius 1 is 1.09 bits per heavy atom. The lowest BCUT2D eigenvalue weighted by Crippen LogP contribution is -2.47. The first-order valence-corrected chi connectivity index (χ1v) is 11.6. The van der Waals surface area contributed by atoms with Crippen LogP contribution in [-0.4, -0.2) is 65.0 Å². The van der Waals surface area contributed by atoms with Gasteiger partial charge in [-0.05, 0) is 42.7 Å². The number of hydrogen-bond donors (Lipinski definition) is 1. The first-order valence-electron chi connectivity index (χ1n) is 11.6. The quantitative estimate of drug-likeness (QED) is 0.475. The number of nitrogens with one attached hydrogen (secondary N) is 1. The number of ether oxygens (including phenoxy) is 4. The predicted molar refractivity (Wildman–Crippen MR) is 128 cm³/mol. The summed E-state index contributed by atoms with van der Waals surface area (Å²) >= 11 is 0. The third kappa shape index (κ3) is 7.60. The van der Waals surface area contributed by atoms with E-state index in [2.05, 4.69) is 10.2 Å². The van der Waals surface area contributed by atoms with Crippen LogP contribution in [-0.2, 0) is 16.1 Å². The molecule has 7 nitrogen and oxygen atoms in total. The lowest BCUT2D eigenvalue weighted by molar-refractivity contribution is -0.127. The predicted octanol–water partition coefficient (Wildman–Crippen LogP) is 3.51. The lowest BCUT2D eigenvalue weighted by atomic mass is 9.88. The molecule has 0 unspecified atom stereocenters. The highest BCUT2D eigenvalue weighted by Crippen LogP contribution is 2.30. The summed E-state index contributed by atoms with van der Waals surface area (Å²) in [5.74, 6) is 1.55. The molecule has 3 rings (SSSR count). The Morgan fingerprint density at radius 3 is 2.65 bits per heavy atom. The minimum Gasteiger partial charge on any atom is -0.493 e. The van der Waals surface area contributed by atoms with Gasteiger partial charge in [-0.2, -0.15) is 0 Å². The van der Waals surface area contributed by atoms with Crippen molar-refractivity contribution in [3.63, 3.8) is 0 Å². The standard InChI is InChI=1S/C26H35FN2O5/c1-31-11-5-10-28-26(30)21-12-20(18-34-23-7-4-6-22(27)14-23)16-29(17-21)15-19-8-9-24(32-2)25(13-19)33-3/h4,6-9,13-14,20-21H,5,10-12,15-18H2,1-3H3,(H,28,30)/t20-,21+/m0/s1. The molecule has 186 valence electrons. The van der Waals surface area contributed by atoms with Crippen LogP contribution in [0, 0.1) is 17.7 Å². The summed E-state index contributed by atoms with van der Waals surface area (Å²) in [6.45, 7) is 3.71. The number of likely N-dealkylation sites (tertiary alicyclic amines) is 1. The molecule has 0 saturated carbocycles. The molecule has 0 aromatic heterocycles. The second-order valence-electron chi connectivity index (χ2n) is 8.59. The highest BCUT2D eigenvalue weighted by Gasteiger charge is 2.32. The fourth-order valence-corrected chi connectivity index (χ4v) is 4.32. The van der Waals surface area contributed by atoms with Crippen LogP contribution in [0.3, 0.4) is 0 Å². The van der Waals surface area contributed by atoms with E-state index in [1.807, 2.05) is 18.2 Å². The van der Waals surface area contributed by atoms with Crippen LogP contribution in [0.25, 0.3) is 0 Å². The van der Waals surface area contributed by atoms with Gasteiger partial charge in [0.1, 0.15) is 11.6 Å². The fraction of sp³-hybridized carbons (Fsp3) is 0.500. The minimum atomic E-state index is -0.329. The van der Waals surface area contributed by atoms with Crippen molar-refractivity contribution in [1.82, 2.24) is 10.2 Å². The van der Waals surface area contributed by atoms with Crippen molar-refractivity contribution in [2.45, 2.75) is 19.4 Å². The van der Waals surface area contributed by atoms with Gasteiger partial charge in [0.25, 0.3) is 0 Å². The largest absolute Gasteiger partial charge is 0.493 e. The summed E-state index contributed by atoms with van der Waals surface area (Å²) < 4.78 is 35.3. The van der Waals surface area contributed by atoms with Crippen molar-refractivity contribution < 1.29 is 28.1 Å². The lowest BCUT2D eigenvalue weighted by Gasteiger charge is -2.37. The highest BCUT2D eigenvalue weighted by atomic mass is 19.1. The maximum Gasteiger partial charge on any atom is 0.224 e. The Bertz CT molecular complexity index is 926. The molecule has 1 saturated heterocycles. The second-order valence-corrected chi connectivity index (χ2v) is 8.59. The van der Waals surface area contributed by atoms with Gasteiger partial charge in [0, 0.05) is 51.9 Å². The zero-order valence-electron chi connectivity index (χ0n) is 20.2. The van der Waals surface area contributed by atoms with E-state index in [0.29, 0.717) is 56.5 Å². The number of carbonyl (C=O) groups excluding carboxylic acids is 1. The molecule has 1 aliphatic heterocycles. The molecule has 2 aromatic rings. The van der Waals surface area contributed by atoms with Crippen LogP contribution in [0.2, 0.25) is 0 Å². The Labute approximate surface area is 201 Å². The van der Waals surface area contributed by atoms with Crippen molar-refractivity contribution in [2.24, 2.45) is 11.8 Å². The van der Waals surface area contributed by atoms with Gasteiger partial charge in [0.05, 0.1) is 26.7 Å². The Balaban J connectivity index is 1.67. The molecular weight excluding hydrogens is 439 g/mol. The van der Waals surface area contributed by atoms with Gasteiger partial charge in [0.15, 0.2) is 11.5 Å². The number of amides is 1. The first kappa shape index (κ1) is 25.8. The third-order valence-electron chi connectivity index (χ3n) is 5.94. The number of piperidine rings is 1. The van der Waals surface area contributed by atoms with Crippen molar-refractivity contribution in [1.29, 1.82) is 0 Å². The topological polar surface area (TPSA) is 69.3 Å².